The van der Waals surface area contributed by atoms with Crippen molar-refractivity contribution < 1.29 is 14.5 Å². The monoisotopic (exact) mass is 283 g/mol. The zero-order valence-corrected chi connectivity index (χ0v) is 11.4. The number of hydrogen-bond acceptors (Lipinski definition) is 4. The molecule has 0 aliphatic heterocycles. The van der Waals surface area contributed by atoms with E-state index in [0.29, 0.717) is 17.9 Å². The van der Waals surface area contributed by atoms with Gasteiger partial charge in [0.1, 0.15) is 17.6 Å². The molecule has 0 amide bonds. The Bertz CT molecular complexity index is 545. The summed E-state index contributed by atoms with van der Waals surface area (Å²) in [5.74, 6) is 0.412. The van der Waals surface area contributed by atoms with E-state index in [1.807, 2.05) is 13.8 Å². The number of benzene rings is 1. The molecule has 1 fully saturated rings. The smallest absolute Gasteiger partial charge is 0.273 e. The van der Waals surface area contributed by atoms with Crippen molar-refractivity contribution in [3.8, 4) is 5.75 Å². The van der Waals surface area contributed by atoms with E-state index in [1.54, 1.807) is 0 Å². The Balaban J connectivity index is 2.22. The maximum atomic E-state index is 11.6. The lowest BCUT2D eigenvalue weighted by Gasteiger charge is -2.44. The number of Topliss-reactive ketones (excluding diaryl/α,β-unsaturated/α-hetero) is 1. The quantitative estimate of drug-likeness (QED) is 0.627. The Morgan fingerprint density at radius 3 is 2.79 bits per heavy atom. The number of ketones is 1. The van der Waals surface area contributed by atoms with Gasteiger partial charge in [-0.25, -0.2) is 0 Å². The summed E-state index contributed by atoms with van der Waals surface area (Å²) in [5, 5.41) is 11.0. The second kappa shape index (κ2) is 4.81. The number of hydrogen-bond donors (Lipinski definition) is 0. The molecule has 6 heteroatoms. The molecule has 1 aromatic carbocycles. The summed E-state index contributed by atoms with van der Waals surface area (Å²) in [5.41, 5.74) is -0.600. The molecule has 0 aromatic heterocycles. The zero-order chi connectivity index (χ0) is 14.2. The molecule has 2 rings (SSSR count). The van der Waals surface area contributed by atoms with Gasteiger partial charge in [0.2, 0.25) is 0 Å². The van der Waals surface area contributed by atoms with Crippen molar-refractivity contribution >= 4 is 23.1 Å². The van der Waals surface area contributed by atoms with Crippen LogP contribution in [0.3, 0.4) is 0 Å². The van der Waals surface area contributed by atoms with Crippen LogP contribution in [0, 0.1) is 15.5 Å². The molecule has 0 radical (unpaired) electrons. The average molecular weight is 284 g/mol. The summed E-state index contributed by atoms with van der Waals surface area (Å²) < 4.78 is 5.69. The number of carbonyl (C=O) groups excluding carboxylic acids is 1. The van der Waals surface area contributed by atoms with Gasteiger partial charge in [-0.05, 0) is 19.4 Å². The highest BCUT2D eigenvalue weighted by atomic mass is 35.5. The van der Waals surface area contributed by atoms with Crippen LogP contribution in [0.25, 0.3) is 0 Å². The minimum atomic E-state index is -0.520. The molecule has 0 saturated heterocycles. The average Bonchev–Trinajstić information content (AvgIpc) is 2.39. The second-order valence-corrected chi connectivity index (χ2v) is 5.28. The van der Waals surface area contributed by atoms with E-state index in [4.69, 9.17) is 16.3 Å². The summed E-state index contributed by atoms with van der Waals surface area (Å²) in [6.07, 6.45) is 0.719. The minimum absolute atomic E-state index is 0.0803. The second-order valence-electron chi connectivity index (χ2n) is 4.88. The van der Waals surface area contributed by atoms with E-state index in [-0.39, 0.29) is 23.3 Å². The summed E-state index contributed by atoms with van der Waals surface area (Å²) in [4.78, 5) is 21.8. The Morgan fingerprint density at radius 1 is 1.58 bits per heavy atom. The number of nitro benzene ring substituents is 1. The number of nitrogens with zero attached hydrogens (tertiary/aromatic N) is 1. The zero-order valence-electron chi connectivity index (χ0n) is 10.7. The fourth-order valence-corrected chi connectivity index (χ4v) is 2.28. The fourth-order valence-electron chi connectivity index (χ4n) is 2.12. The van der Waals surface area contributed by atoms with Crippen LogP contribution in [0.1, 0.15) is 26.7 Å². The lowest BCUT2D eigenvalue weighted by molar-refractivity contribution is -0.385. The molecule has 0 heterocycles. The van der Waals surface area contributed by atoms with Crippen molar-refractivity contribution in [3.63, 3.8) is 0 Å². The van der Waals surface area contributed by atoms with Gasteiger partial charge in [0.15, 0.2) is 0 Å². The molecule has 2 unspecified atom stereocenters. The Kier molecular flexibility index (Phi) is 3.49. The van der Waals surface area contributed by atoms with Crippen LogP contribution in [-0.4, -0.2) is 16.8 Å². The SMILES string of the molecule is CCC1(C)C(=O)CC1Oc1cc([N+](=O)[O-])ccc1Cl. The van der Waals surface area contributed by atoms with Gasteiger partial charge in [-0.2, -0.15) is 0 Å². The van der Waals surface area contributed by atoms with E-state index in [0.717, 1.165) is 0 Å². The van der Waals surface area contributed by atoms with Crippen molar-refractivity contribution in [2.24, 2.45) is 5.41 Å². The maximum absolute atomic E-state index is 11.6. The molecule has 1 aliphatic carbocycles. The Hall–Kier alpha value is -1.62. The topological polar surface area (TPSA) is 69.4 Å². The van der Waals surface area contributed by atoms with Crippen molar-refractivity contribution in [2.75, 3.05) is 0 Å². The summed E-state index contributed by atoms with van der Waals surface area (Å²) in [7, 11) is 0. The van der Waals surface area contributed by atoms with Crippen molar-refractivity contribution in [1.82, 2.24) is 0 Å². The number of non-ortho nitro benzene ring substituents is 1. The first kappa shape index (κ1) is 13.8. The number of ether oxygens (including phenoxy) is 1. The number of halogens is 1. The maximum Gasteiger partial charge on any atom is 0.273 e. The van der Waals surface area contributed by atoms with E-state index >= 15 is 0 Å². The molecule has 0 spiro atoms. The standard InChI is InChI=1S/C13H14ClNO4/c1-3-13(2)11(16)7-12(13)19-10-6-8(15(17)18)4-5-9(10)14/h4-6,12H,3,7H2,1-2H3. The van der Waals surface area contributed by atoms with E-state index in [1.165, 1.54) is 18.2 Å². The molecule has 0 N–H and O–H groups in total. The fraction of sp³-hybridized carbons (Fsp3) is 0.462. The molecular formula is C13H14ClNO4. The molecule has 5 nitrogen and oxygen atoms in total. The lowest BCUT2D eigenvalue weighted by atomic mass is 9.64. The molecule has 1 aromatic rings. The van der Waals surface area contributed by atoms with Gasteiger partial charge in [0.25, 0.3) is 5.69 Å². The summed E-state index contributed by atoms with van der Waals surface area (Å²) >= 11 is 5.97. The molecule has 1 aliphatic rings. The molecular weight excluding hydrogens is 270 g/mol. The highest BCUT2D eigenvalue weighted by Gasteiger charge is 2.51. The predicted octanol–water partition coefficient (Wildman–Crippen LogP) is 3.38. The first-order chi connectivity index (χ1) is 8.88. The van der Waals surface area contributed by atoms with E-state index in [2.05, 4.69) is 0 Å². The van der Waals surface area contributed by atoms with Crippen molar-refractivity contribution in [3.05, 3.63) is 33.3 Å². The van der Waals surface area contributed by atoms with Gasteiger partial charge >= 0.3 is 0 Å². The first-order valence-electron chi connectivity index (χ1n) is 6.02. The van der Waals surface area contributed by atoms with Gasteiger partial charge in [0.05, 0.1) is 21.4 Å². The normalized spacial score (nSPS) is 25.8. The van der Waals surface area contributed by atoms with Crippen LogP contribution in [0.4, 0.5) is 5.69 Å². The van der Waals surface area contributed by atoms with Crippen LogP contribution in [-0.2, 0) is 4.79 Å². The van der Waals surface area contributed by atoms with Crippen LogP contribution in [0.15, 0.2) is 18.2 Å². The third kappa shape index (κ3) is 2.30. The van der Waals surface area contributed by atoms with Gasteiger partial charge in [-0.3, -0.25) is 14.9 Å². The third-order valence-corrected chi connectivity index (χ3v) is 4.16. The van der Waals surface area contributed by atoms with Gasteiger partial charge < -0.3 is 4.74 Å². The van der Waals surface area contributed by atoms with Gasteiger partial charge in [0, 0.05) is 12.5 Å². The molecule has 2 atom stereocenters. The molecule has 19 heavy (non-hydrogen) atoms. The lowest BCUT2D eigenvalue weighted by Crippen LogP contribution is -2.54. The van der Waals surface area contributed by atoms with E-state index < -0.39 is 10.3 Å². The molecule has 0 bridgehead atoms. The van der Waals surface area contributed by atoms with Crippen molar-refractivity contribution in [1.29, 1.82) is 0 Å². The van der Waals surface area contributed by atoms with Gasteiger partial charge in [-0.15, -0.1) is 0 Å². The summed E-state index contributed by atoms with van der Waals surface area (Å²) in [6.45, 7) is 3.76. The molecule has 102 valence electrons. The minimum Gasteiger partial charge on any atom is -0.487 e. The van der Waals surface area contributed by atoms with Crippen LogP contribution in [0.2, 0.25) is 5.02 Å². The largest absolute Gasteiger partial charge is 0.487 e. The molecule has 1 saturated carbocycles. The number of nitro groups is 1. The van der Waals surface area contributed by atoms with Crippen LogP contribution < -0.4 is 4.74 Å². The first-order valence-corrected chi connectivity index (χ1v) is 6.40. The van der Waals surface area contributed by atoms with Gasteiger partial charge in [-0.1, -0.05) is 18.5 Å². The Morgan fingerprint density at radius 2 is 2.26 bits per heavy atom. The van der Waals surface area contributed by atoms with Crippen LogP contribution in [0.5, 0.6) is 5.75 Å². The predicted molar refractivity (Wildman–Crippen MR) is 70.5 cm³/mol. The Labute approximate surface area is 115 Å². The third-order valence-electron chi connectivity index (χ3n) is 3.85. The summed E-state index contributed by atoms with van der Waals surface area (Å²) in [6, 6.07) is 4.04. The van der Waals surface area contributed by atoms with Crippen molar-refractivity contribution in [2.45, 2.75) is 32.8 Å². The number of carbonyl (C=O) groups is 1. The highest BCUT2D eigenvalue weighted by Crippen LogP contribution is 2.44. The number of rotatable bonds is 4. The van der Waals surface area contributed by atoms with Crippen LogP contribution >= 0.6 is 11.6 Å². The van der Waals surface area contributed by atoms with E-state index in [9.17, 15) is 14.9 Å². The highest BCUT2D eigenvalue weighted by molar-refractivity contribution is 6.32.